The number of amides is 2. The molecule has 0 aliphatic carbocycles. The van der Waals surface area contributed by atoms with Crippen LogP contribution in [0.2, 0.25) is 0 Å². The molecule has 1 aromatic rings. The van der Waals surface area contributed by atoms with Gasteiger partial charge in [0.25, 0.3) is 5.91 Å². The van der Waals surface area contributed by atoms with Crippen molar-refractivity contribution in [3.8, 4) is 0 Å². The summed E-state index contributed by atoms with van der Waals surface area (Å²) in [5, 5.41) is 4.92. The maximum absolute atomic E-state index is 11.7. The number of ether oxygens (including phenoxy) is 1. The number of H-pyrrole nitrogens is 1. The molecule has 7 nitrogen and oxygen atoms in total. The maximum Gasteiger partial charge on any atom is 0.257 e. The number of carbonyl (C=O) groups is 2. The Bertz CT molecular complexity index is 510. The van der Waals surface area contributed by atoms with Crippen molar-refractivity contribution in [1.29, 1.82) is 0 Å². The van der Waals surface area contributed by atoms with Crippen LogP contribution in [0.1, 0.15) is 16.1 Å². The summed E-state index contributed by atoms with van der Waals surface area (Å²) in [5.74, 6) is -0.919. The molecule has 0 saturated heterocycles. The summed E-state index contributed by atoms with van der Waals surface area (Å²) in [7, 11) is 1.53. The number of aromatic nitrogens is 1. The third-order valence-corrected chi connectivity index (χ3v) is 2.34. The van der Waals surface area contributed by atoms with Crippen LogP contribution in [0.25, 0.3) is 0 Å². The van der Waals surface area contributed by atoms with E-state index >= 15 is 0 Å². The molecule has 0 atom stereocenters. The first-order chi connectivity index (χ1) is 9.04. The zero-order valence-electron chi connectivity index (χ0n) is 10.9. The zero-order chi connectivity index (χ0) is 14.3. The molecule has 0 radical (unpaired) electrons. The lowest BCUT2D eigenvalue weighted by Crippen LogP contribution is -2.39. The van der Waals surface area contributed by atoms with E-state index in [1.807, 2.05) is 0 Å². The number of hydrogen-bond donors (Lipinski definition) is 3. The smallest absolute Gasteiger partial charge is 0.257 e. The third-order valence-electron chi connectivity index (χ3n) is 2.34. The van der Waals surface area contributed by atoms with Crippen LogP contribution in [0.15, 0.2) is 17.1 Å². The summed E-state index contributed by atoms with van der Waals surface area (Å²) >= 11 is 0. The minimum Gasteiger partial charge on any atom is -0.383 e. The molecule has 0 bridgehead atoms. The van der Waals surface area contributed by atoms with E-state index in [1.165, 1.54) is 19.4 Å². The Kier molecular flexibility index (Phi) is 5.74. The molecule has 0 aromatic carbocycles. The lowest BCUT2D eigenvalue weighted by molar-refractivity contribution is -0.120. The van der Waals surface area contributed by atoms with Gasteiger partial charge in [-0.3, -0.25) is 14.4 Å². The van der Waals surface area contributed by atoms with Gasteiger partial charge in [-0.2, -0.15) is 0 Å². The minimum atomic E-state index is -0.580. The van der Waals surface area contributed by atoms with Crippen molar-refractivity contribution in [2.45, 2.75) is 6.92 Å². The highest BCUT2D eigenvalue weighted by Gasteiger charge is 2.11. The highest BCUT2D eigenvalue weighted by Crippen LogP contribution is 1.91. The summed E-state index contributed by atoms with van der Waals surface area (Å²) < 4.78 is 4.77. The minimum absolute atomic E-state index is 0.0182. The van der Waals surface area contributed by atoms with E-state index < -0.39 is 5.91 Å². The fourth-order valence-corrected chi connectivity index (χ4v) is 1.36. The van der Waals surface area contributed by atoms with Crippen LogP contribution in [0, 0.1) is 6.92 Å². The molecule has 7 heteroatoms. The standard InChI is InChI=1S/C12H17N3O4/c1-8-5-10(16)9(6-14-8)12(18)15-7-11(17)13-3-4-19-2/h5-6H,3-4,7H2,1-2H3,(H,13,17)(H,14,16)(H,15,18). The second-order valence-corrected chi connectivity index (χ2v) is 3.92. The Morgan fingerprint density at radius 1 is 1.37 bits per heavy atom. The summed E-state index contributed by atoms with van der Waals surface area (Å²) in [5.41, 5.74) is 0.266. The highest BCUT2D eigenvalue weighted by molar-refractivity contribution is 5.96. The molecule has 104 valence electrons. The Labute approximate surface area is 110 Å². The van der Waals surface area contributed by atoms with Gasteiger partial charge in [-0.15, -0.1) is 0 Å². The number of nitrogens with one attached hydrogen (secondary N) is 3. The van der Waals surface area contributed by atoms with Crippen molar-refractivity contribution in [3.63, 3.8) is 0 Å². The van der Waals surface area contributed by atoms with Gasteiger partial charge in [0.05, 0.1) is 13.2 Å². The van der Waals surface area contributed by atoms with Gasteiger partial charge in [0.2, 0.25) is 5.91 Å². The number of hydrogen-bond acceptors (Lipinski definition) is 4. The second kappa shape index (κ2) is 7.32. The van der Waals surface area contributed by atoms with Crippen LogP contribution < -0.4 is 16.1 Å². The van der Waals surface area contributed by atoms with Crippen LogP contribution in [0.4, 0.5) is 0 Å². The molecule has 1 aromatic heterocycles. The highest BCUT2D eigenvalue weighted by atomic mass is 16.5. The summed E-state index contributed by atoms with van der Waals surface area (Å²) in [6, 6.07) is 1.33. The SMILES string of the molecule is COCCNC(=O)CNC(=O)c1c[nH]c(C)cc1=O. The van der Waals surface area contributed by atoms with Gasteiger partial charge in [-0.05, 0) is 6.92 Å². The zero-order valence-corrected chi connectivity index (χ0v) is 10.9. The number of aromatic amines is 1. The average Bonchev–Trinajstić information content (AvgIpc) is 2.36. The number of methoxy groups -OCH3 is 1. The lowest BCUT2D eigenvalue weighted by Gasteiger charge is -2.06. The number of aryl methyl sites for hydroxylation is 1. The van der Waals surface area contributed by atoms with Crippen LogP contribution in [0.3, 0.4) is 0 Å². The van der Waals surface area contributed by atoms with E-state index in [2.05, 4.69) is 15.6 Å². The van der Waals surface area contributed by atoms with Crippen molar-refractivity contribution in [3.05, 3.63) is 33.7 Å². The van der Waals surface area contributed by atoms with Crippen LogP contribution in [0.5, 0.6) is 0 Å². The molecule has 1 rings (SSSR count). The van der Waals surface area contributed by atoms with Crippen LogP contribution >= 0.6 is 0 Å². The van der Waals surface area contributed by atoms with Crippen molar-refractivity contribution >= 4 is 11.8 Å². The van der Waals surface area contributed by atoms with Gasteiger partial charge in [-0.1, -0.05) is 0 Å². The van der Waals surface area contributed by atoms with E-state index in [0.29, 0.717) is 18.8 Å². The summed E-state index contributed by atoms with van der Waals surface area (Å²) in [6.07, 6.45) is 1.33. The molecular weight excluding hydrogens is 250 g/mol. The topological polar surface area (TPSA) is 100 Å². The number of pyridine rings is 1. The van der Waals surface area contributed by atoms with Gasteiger partial charge < -0.3 is 20.4 Å². The molecule has 0 aliphatic heterocycles. The molecule has 0 spiro atoms. The fraction of sp³-hybridized carbons (Fsp3) is 0.417. The Balaban J connectivity index is 2.47. The normalized spacial score (nSPS) is 10.0. The predicted molar refractivity (Wildman–Crippen MR) is 69.0 cm³/mol. The predicted octanol–water partition coefficient (Wildman–Crippen LogP) is -0.824. The van der Waals surface area contributed by atoms with Crippen molar-refractivity contribution in [2.75, 3.05) is 26.8 Å². The fourth-order valence-electron chi connectivity index (χ4n) is 1.36. The Morgan fingerprint density at radius 2 is 2.11 bits per heavy atom. The first-order valence-electron chi connectivity index (χ1n) is 5.77. The molecule has 1 heterocycles. The second-order valence-electron chi connectivity index (χ2n) is 3.92. The third kappa shape index (κ3) is 4.92. The number of carbonyl (C=O) groups excluding carboxylic acids is 2. The molecule has 0 aliphatic rings. The van der Waals surface area contributed by atoms with E-state index in [1.54, 1.807) is 6.92 Å². The van der Waals surface area contributed by atoms with Gasteiger partial charge in [0.1, 0.15) is 5.56 Å². The first-order valence-corrected chi connectivity index (χ1v) is 5.77. The lowest BCUT2D eigenvalue weighted by atomic mass is 10.2. The van der Waals surface area contributed by atoms with Crippen molar-refractivity contribution in [2.24, 2.45) is 0 Å². The first kappa shape index (κ1) is 14.9. The van der Waals surface area contributed by atoms with Crippen molar-refractivity contribution < 1.29 is 14.3 Å². The largest absolute Gasteiger partial charge is 0.383 e. The van der Waals surface area contributed by atoms with Crippen LogP contribution in [-0.2, 0) is 9.53 Å². The van der Waals surface area contributed by atoms with Crippen LogP contribution in [-0.4, -0.2) is 43.6 Å². The molecule has 2 amide bonds. The molecule has 3 N–H and O–H groups in total. The van der Waals surface area contributed by atoms with Crippen molar-refractivity contribution in [1.82, 2.24) is 15.6 Å². The molecule has 0 fully saturated rings. The molecule has 0 unspecified atom stereocenters. The Hall–Kier alpha value is -2.15. The van der Waals surface area contributed by atoms with E-state index in [4.69, 9.17) is 4.74 Å². The van der Waals surface area contributed by atoms with E-state index in [0.717, 1.165) is 0 Å². The summed E-state index contributed by atoms with van der Waals surface area (Å²) in [6.45, 7) is 2.30. The quantitative estimate of drug-likeness (QED) is 0.586. The number of rotatable bonds is 6. The van der Waals surface area contributed by atoms with Gasteiger partial charge in [0.15, 0.2) is 5.43 Å². The molecular formula is C12H17N3O4. The average molecular weight is 267 g/mol. The summed E-state index contributed by atoms with van der Waals surface area (Å²) in [4.78, 5) is 37.3. The van der Waals surface area contributed by atoms with E-state index in [-0.39, 0.29) is 23.4 Å². The van der Waals surface area contributed by atoms with Gasteiger partial charge in [0, 0.05) is 31.6 Å². The van der Waals surface area contributed by atoms with Gasteiger partial charge >= 0.3 is 0 Å². The maximum atomic E-state index is 11.7. The molecule has 0 saturated carbocycles. The van der Waals surface area contributed by atoms with Gasteiger partial charge in [-0.25, -0.2) is 0 Å². The van der Waals surface area contributed by atoms with E-state index in [9.17, 15) is 14.4 Å². The monoisotopic (exact) mass is 267 g/mol. The Morgan fingerprint density at radius 3 is 2.74 bits per heavy atom. The molecule has 19 heavy (non-hydrogen) atoms.